The zero-order chi connectivity index (χ0) is 11.8. The van der Waals surface area contributed by atoms with Gasteiger partial charge in [0.2, 0.25) is 0 Å². The molecule has 2 aromatic heterocycles. The molecule has 2 heterocycles. The summed E-state index contributed by atoms with van der Waals surface area (Å²) < 4.78 is 1.28. The smallest absolute Gasteiger partial charge is 0.126 e. The molecule has 0 aliphatic heterocycles. The predicted molar refractivity (Wildman–Crippen MR) is 73.9 cm³/mol. The molecule has 0 radical (unpaired) electrons. The average Bonchev–Trinajstić information content (AvgIpc) is 2.74. The number of hydrogen-bond donors (Lipinski definition) is 2. The lowest BCUT2D eigenvalue weighted by atomic mass is 10.1. The molecule has 0 fully saturated rings. The van der Waals surface area contributed by atoms with Crippen LogP contribution in [0.3, 0.4) is 0 Å². The van der Waals surface area contributed by atoms with Gasteiger partial charge < -0.3 is 11.5 Å². The highest BCUT2D eigenvalue weighted by Gasteiger charge is 2.03. The minimum atomic E-state index is 0.449. The molecule has 0 spiro atoms. The van der Waals surface area contributed by atoms with Crippen LogP contribution in [0.25, 0.3) is 21.2 Å². The second kappa shape index (κ2) is 3.75. The van der Waals surface area contributed by atoms with Crippen molar-refractivity contribution in [2.45, 2.75) is 0 Å². The second-order valence-corrected chi connectivity index (χ2v) is 4.83. The van der Waals surface area contributed by atoms with Crippen molar-refractivity contribution in [3.63, 3.8) is 0 Å². The SMILES string of the molecule is Nc1cc(-c2ccc3sccc3c2)cc(N)n1. The number of fused-ring (bicyclic) bond motifs is 1. The fraction of sp³-hybridized carbons (Fsp3) is 0. The quantitative estimate of drug-likeness (QED) is 0.688. The van der Waals surface area contributed by atoms with Crippen molar-refractivity contribution in [2.24, 2.45) is 0 Å². The van der Waals surface area contributed by atoms with Gasteiger partial charge in [-0.2, -0.15) is 0 Å². The van der Waals surface area contributed by atoms with E-state index >= 15 is 0 Å². The Hall–Kier alpha value is -2.07. The molecule has 0 unspecified atom stereocenters. The third-order valence-corrected chi connectivity index (χ3v) is 3.55. The minimum Gasteiger partial charge on any atom is -0.384 e. The van der Waals surface area contributed by atoms with Crippen LogP contribution < -0.4 is 11.5 Å². The Morgan fingerprint density at radius 3 is 2.41 bits per heavy atom. The van der Waals surface area contributed by atoms with Crippen molar-refractivity contribution in [1.82, 2.24) is 4.98 Å². The van der Waals surface area contributed by atoms with Gasteiger partial charge in [0.25, 0.3) is 0 Å². The van der Waals surface area contributed by atoms with Gasteiger partial charge in [0, 0.05) is 4.70 Å². The fourth-order valence-electron chi connectivity index (χ4n) is 1.89. The van der Waals surface area contributed by atoms with Gasteiger partial charge in [-0.05, 0) is 52.2 Å². The van der Waals surface area contributed by atoms with E-state index in [1.807, 2.05) is 12.1 Å². The van der Waals surface area contributed by atoms with Crippen LogP contribution in [-0.2, 0) is 0 Å². The number of hydrogen-bond acceptors (Lipinski definition) is 4. The monoisotopic (exact) mass is 241 g/mol. The van der Waals surface area contributed by atoms with Gasteiger partial charge in [-0.3, -0.25) is 0 Å². The average molecular weight is 241 g/mol. The van der Waals surface area contributed by atoms with Crippen LogP contribution in [0.1, 0.15) is 0 Å². The van der Waals surface area contributed by atoms with E-state index in [2.05, 4.69) is 34.6 Å². The summed E-state index contributed by atoms with van der Waals surface area (Å²) in [7, 11) is 0. The Morgan fingerprint density at radius 2 is 1.65 bits per heavy atom. The lowest BCUT2D eigenvalue weighted by molar-refractivity contribution is 1.34. The standard InChI is InChI=1S/C13H11N3S/c14-12-6-10(7-13(15)16-12)8-1-2-11-9(5-8)3-4-17-11/h1-7H,(H4,14,15,16). The summed E-state index contributed by atoms with van der Waals surface area (Å²) in [6.07, 6.45) is 0. The zero-order valence-corrected chi connectivity index (χ0v) is 9.87. The van der Waals surface area contributed by atoms with Crippen molar-refractivity contribution in [3.05, 3.63) is 41.8 Å². The fourth-order valence-corrected chi connectivity index (χ4v) is 2.66. The summed E-state index contributed by atoms with van der Waals surface area (Å²) in [6.45, 7) is 0. The Labute approximate surface area is 103 Å². The summed E-state index contributed by atoms with van der Waals surface area (Å²) in [5, 5.41) is 3.32. The number of nitrogens with two attached hydrogens (primary N) is 2. The van der Waals surface area contributed by atoms with Crippen molar-refractivity contribution in [1.29, 1.82) is 0 Å². The summed E-state index contributed by atoms with van der Waals surface area (Å²) in [4.78, 5) is 3.97. The molecule has 17 heavy (non-hydrogen) atoms. The van der Waals surface area contributed by atoms with Gasteiger partial charge >= 0.3 is 0 Å². The summed E-state index contributed by atoms with van der Waals surface area (Å²) in [5.74, 6) is 0.899. The zero-order valence-electron chi connectivity index (χ0n) is 9.05. The minimum absolute atomic E-state index is 0.449. The first-order chi connectivity index (χ1) is 8.22. The molecule has 4 heteroatoms. The third kappa shape index (κ3) is 1.83. The normalized spacial score (nSPS) is 10.8. The molecule has 84 valence electrons. The van der Waals surface area contributed by atoms with Crippen molar-refractivity contribution < 1.29 is 0 Å². The van der Waals surface area contributed by atoms with Crippen molar-refractivity contribution in [2.75, 3.05) is 11.5 Å². The Bertz CT molecular complexity index is 668. The molecule has 4 N–H and O–H groups in total. The molecule has 0 aliphatic rings. The number of pyridine rings is 1. The number of rotatable bonds is 1. The number of benzene rings is 1. The lowest BCUT2D eigenvalue weighted by Crippen LogP contribution is -1.96. The number of nitrogens with zero attached hydrogens (tertiary/aromatic N) is 1. The molecule has 0 atom stereocenters. The van der Waals surface area contributed by atoms with Crippen molar-refractivity contribution in [3.8, 4) is 11.1 Å². The molecule has 3 aromatic rings. The molecule has 0 aliphatic carbocycles. The third-order valence-electron chi connectivity index (χ3n) is 2.65. The Balaban J connectivity index is 2.19. The second-order valence-electron chi connectivity index (χ2n) is 3.88. The van der Waals surface area contributed by atoms with Crippen LogP contribution in [-0.4, -0.2) is 4.98 Å². The van der Waals surface area contributed by atoms with Crippen LogP contribution in [0.15, 0.2) is 41.8 Å². The maximum Gasteiger partial charge on any atom is 0.126 e. The van der Waals surface area contributed by atoms with E-state index in [-0.39, 0.29) is 0 Å². The molecule has 1 aromatic carbocycles. The van der Waals surface area contributed by atoms with E-state index in [0.29, 0.717) is 11.6 Å². The number of aromatic nitrogens is 1. The molecule has 3 rings (SSSR count). The predicted octanol–water partition coefficient (Wildman–Crippen LogP) is 3.13. The van der Waals surface area contributed by atoms with Crippen LogP contribution in [0.2, 0.25) is 0 Å². The molecular formula is C13H11N3S. The Kier molecular flexibility index (Phi) is 2.23. The number of nitrogen functional groups attached to an aromatic ring is 2. The van der Waals surface area contributed by atoms with Gasteiger partial charge in [0.05, 0.1) is 0 Å². The van der Waals surface area contributed by atoms with Crippen LogP contribution in [0, 0.1) is 0 Å². The summed E-state index contributed by atoms with van der Waals surface area (Å²) in [5.41, 5.74) is 13.5. The Morgan fingerprint density at radius 1 is 0.882 bits per heavy atom. The van der Waals surface area contributed by atoms with E-state index in [9.17, 15) is 0 Å². The van der Waals surface area contributed by atoms with Crippen LogP contribution in [0.4, 0.5) is 11.6 Å². The van der Waals surface area contributed by atoms with Gasteiger partial charge in [0.15, 0.2) is 0 Å². The summed E-state index contributed by atoms with van der Waals surface area (Å²) in [6, 6.07) is 12.1. The molecule has 0 amide bonds. The molecule has 3 nitrogen and oxygen atoms in total. The highest BCUT2D eigenvalue weighted by molar-refractivity contribution is 7.17. The van der Waals surface area contributed by atoms with Gasteiger partial charge in [0.1, 0.15) is 11.6 Å². The van der Waals surface area contributed by atoms with E-state index in [4.69, 9.17) is 11.5 Å². The van der Waals surface area contributed by atoms with Crippen molar-refractivity contribution >= 4 is 33.1 Å². The largest absolute Gasteiger partial charge is 0.384 e. The van der Waals surface area contributed by atoms with Gasteiger partial charge in [-0.15, -0.1) is 11.3 Å². The lowest BCUT2D eigenvalue weighted by Gasteiger charge is -2.04. The maximum absolute atomic E-state index is 5.70. The molecular weight excluding hydrogens is 230 g/mol. The number of anilines is 2. The molecule has 0 saturated carbocycles. The van der Waals surface area contributed by atoms with Crippen LogP contribution in [0.5, 0.6) is 0 Å². The molecule has 0 bridgehead atoms. The van der Waals surface area contributed by atoms with Crippen LogP contribution >= 0.6 is 11.3 Å². The van der Waals surface area contributed by atoms with E-state index in [0.717, 1.165) is 11.1 Å². The first-order valence-electron chi connectivity index (χ1n) is 5.23. The maximum atomic E-state index is 5.70. The molecule has 0 saturated heterocycles. The van der Waals surface area contributed by atoms with Gasteiger partial charge in [-0.1, -0.05) is 6.07 Å². The van der Waals surface area contributed by atoms with Gasteiger partial charge in [-0.25, -0.2) is 4.98 Å². The van der Waals surface area contributed by atoms with E-state index < -0.39 is 0 Å². The highest BCUT2D eigenvalue weighted by atomic mass is 32.1. The summed E-state index contributed by atoms with van der Waals surface area (Å²) >= 11 is 1.74. The first-order valence-corrected chi connectivity index (χ1v) is 6.11. The van der Waals surface area contributed by atoms with E-state index in [1.165, 1.54) is 10.1 Å². The topological polar surface area (TPSA) is 64.9 Å². The van der Waals surface area contributed by atoms with E-state index in [1.54, 1.807) is 11.3 Å². The highest BCUT2D eigenvalue weighted by Crippen LogP contribution is 2.28. The first kappa shape index (κ1) is 10.1. The number of thiophene rings is 1.